The van der Waals surface area contributed by atoms with Gasteiger partial charge in [-0.05, 0) is 91.3 Å². The fourth-order valence-electron chi connectivity index (χ4n) is 9.27. The molecule has 4 saturated carbocycles. The highest BCUT2D eigenvalue weighted by Crippen LogP contribution is 2.68. The zero-order chi connectivity index (χ0) is 24.1. The van der Waals surface area contributed by atoms with Gasteiger partial charge in [0.05, 0.1) is 4.83 Å². The Bertz CT molecular complexity index is 749. The van der Waals surface area contributed by atoms with Crippen molar-refractivity contribution < 1.29 is 14.3 Å². The maximum atomic E-state index is 13.9. The fourth-order valence-corrected chi connectivity index (χ4v) is 10.4. The van der Waals surface area contributed by atoms with Crippen LogP contribution in [0.5, 0.6) is 0 Å². The van der Waals surface area contributed by atoms with E-state index in [1.54, 1.807) is 0 Å². The number of rotatable bonds is 6. The minimum Gasteiger partial charge on any atom is -0.463 e. The molecular formula is C29H47BrO3. The van der Waals surface area contributed by atoms with E-state index in [1.807, 2.05) is 0 Å². The molecule has 0 spiro atoms. The summed E-state index contributed by atoms with van der Waals surface area (Å²) in [4.78, 5) is 25.4. The highest BCUT2D eigenvalue weighted by Gasteiger charge is 2.65. The normalized spacial score (nSPS) is 45.8. The molecule has 4 rings (SSSR count). The van der Waals surface area contributed by atoms with Crippen LogP contribution in [-0.4, -0.2) is 22.7 Å². The van der Waals surface area contributed by atoms with Crippen molar-refractivity contribution in [1.82, 2.24) is 0 Å². The molecular weight excluding hydrogens is 476 g/mol. The van der Waals surface area contributed by atoms with Crippen molar-refractivity contribution in [3.05, 3.63) is 0 Å². The second kappa shape index (κ2) is 9.58. The third-order valence-electron chi connectivity index (χ3n) is 11.0. The van der Waals surface area contributed by atoms with Crippen molar-refractivity contribution in [3.8, 4) is 0 Å². The van der Waals surface area contributed by atoms with Gasteiger partial charge in [0.2, 0.25) is 0 Å². The lowest BCUT2D eigenvalue weighted by Crippen LogP contribution is -2.61. The number of carbonyl (C=O) groups is 2. The van der Waals surface area contributed by atoms with Crippen molar-refractivity contribution in [3.63, 3.8) is 0 Å². The van der Waals surface area contributed by atoms with Gasteiger partial charge in [0, 0.05) is 12.8 Å². The van der Waals surface area contributed by atoms with Crippen molar-refractivity contribution in [1.29, 1.82) is 0 Å². The van der Waals surface area contributed by atoms with Gasteiger partial charge in [-0.3, -0.25) is 9.59 Å². The highest BCUT2D eigenvalue weighted by atomic mass is 79.9. The van der Waals surface area contributed by atoms with Crippen LogP contribution in [0.25, 0.3) is 0 Å². The third kappa shape index (κ3) is 4.49. The summed E-state index contributed by atoms with van der Waals surface area (Å²) in [6.45, 7) is 13.7. The zero-order valence-corrected chi connectivity index (χ0v) is 23.5. The second-order valence-corrected chi connectivity index (χ2v) is 14.2. The number of ketones is 1. The van der Waals surface area contributed by atoms with E-state index < -0.39 is 0 Å². The van der Waals surface area contributed by atoms with Gasteiger partial charge in [-0.2, -0.15) is 0 Å². The van der Waals surface area contributed by atoms with Gasteiger partial charge >= 0.3 is 5.97 Å². The number of ether oxygens (including phenoxy) is 1. The molecule has 0 aromatic heterocycles. The number of hydrogen-bond donors (Lipinski definition) is 0. The Morgan fingerprint density at radius 3 is 2.33 bits per heavy atom. The van der Waals surface area contributed by atoms with Gasteiger partial charge in [-0.1, -0.05) is 69.8 Å². The van der Waals surface area contributed by atoms with Crippen LogP contribution >= 0.6 is 15.9 Å². The lowest BCUT2D eigenvalue weighted by Gasteiger charge is -2.61. The SMILES string of the molecule is CC(=O)O[C@H]1CC[C@@]2(C)[C@H](C1)[C@H](Br)C(=O)[C@@H]1[C@@H]2CC[C@]2(C)[C@@H]([C@@H](C)CCCC(C)C)CC[C@@H]12. The first-order valence-electron chi connectivity index (χ1n) is 13.8. The number of carbonyl (C=O) groups excluding carboxylic acids is 2. The van der Waals surface area contributed by atoms with Crippen molar-refractivity contribution in [2.75, 3.05) is 0 Å². The lowest BCUT2D eigenvalue weighted by molar-refractivity contribution is -0.166. The number of fused-ring (bicyclic) bond motifs is 5. The van der Waals surface area contributed by atoms with E-state index in [1.165, 1.54) is 51.9 Å². The summed E-state index contributed by atoms with van der Waals surface area (Å²) in [6.07, 6.45) is 11.9. The Balaban J connectivity index is 1.53. The summed E-state index contributed by atoms with van der Waals surface area (Å²) < 4.78 is 5.61. The van der Waals surface area contributed by atoms with E-state index in [2.05, 4.69) is 50.5 Å². The number of halogens is 1. The number of Topliss-reactive ketones (excluding diaryl/α,β-unsaturated/α-hetero) is 1. The van der Waals surface area contributed by atoms with Crippen molar-refractivity contribution in [2.24, 2.45) is 52.3 Å². The smallest absolute Gasteiger partial charge is 0.302 e. The van der Waals surface area contributed by atoms with Crippen LogP contribution in [0.15, 0.2) is 0 Å². The molecule has 3 nitrogen and oxygen atoms in total. The van der Waals surface area contributed by atoms with Gasteiger partial charge in [0.15, 0.2) is 0 Å². The molecule has 0 amide bonds. The standard InChI is InChI=1S/C29H47BrO3/c1-17(2)8-7-9-18(3)21-10-11-22-25-23(13-15-28(21,22)5)29(6)14-12-20(33-19(4)31)16-24(29)26(30)27(25)32/h17-18,20-26H,7-16H2,1-6H3/t18-,20-,21+,22-,23-,24+,25-,26-,28+,29+/m0/s1. The Morgan fingerprint density at radius 1 is 1.00 bits per heavy atom. The molecule has 10 atom stereocenters. The first-order chi connectivity index (χ1) is 15.5. The predicted molar refractivity (Wildman–Crippen MR) is 137 cm³/mol. The van der Waals surface area contributed by atoms with Crippen molar-refractivity contribution in [2.45, 2.75) is 117 Å². The minimum absolute atomic E-state index is 0.0265. The van der Waals surface area contributed by atoms with Crippen molar-refractivity contribution >= 4 is 27.7 Å². The summed E-state index contributed by atoms with van der Waals surface area (Å²) in [6, 6.07) is 0. The zero-order valence-electron chi connectivity index (χ0n) is 21.9. The summed E-state index contributed by atoms with van der Waals surface area (Å²) in [7, 11) is 0. The first-order valence-corrected chi connectivity index (χ1v) is 14.8. The maximum Gasteiger partial charge on any atom is 0.302 e. The monoisotopic (exact) mass is 522 g/mol. The van der Waals surface area contributed by atoms with E-state index in [0.717, 1.165) is 37.0 Å². The Morgan fingerprint density at radius 2 is 1.67 bits per heavy atom. The number of alkyl halides is 1. The molecule has 0 radical (unpaired) electrons. The molecule has 0 N–H and O–H groups in total. The van der Waals surface area contributed by atoms with Gasteiger partial charge in [0.1, 0.15) is 11.9 Å². The molecule has 33 heavy (non-hydrogen) atoms. The average molecular weight is 524 g/mol. The molecule has 0 aromatic rings. The van der Waals surface area contributed by atoms with Gasteiger partial charge < -0.3 is 4.74 Å². The van der Waals surface area contributed by atoms with Crippen LogP contribution < -0.4 is 0 Å². The van der Waals surface area contributed by atoms with Crippen LogP contribution in [0.1, 0.15) is 106 Å². The third-order valence-corrected chi connectivity index (χ3v) is 12.1. The Kier molecular flexibility index (Phi) is 7.46. The molecule has 4 aliphatic rings. The maximum absolute atomic E-state index is 13.9. The highest BCUT2D eigenvalue weighted by molar-refractivity contribution is 9.10. The van der Waals surface area contributed by atoms with Gasteiger partial charge in [-0.15, -0.1) is 0 Å². The predicted octanol–water partition coefficient (Wildman–Crippen LogP) is 7.59. The fraction of sp³-hybridized carbons (Fsp3) is 0.931. The molecule has 4 aliphatic carbocycles. The largest absolute Gasteiger partial charge is 0.463 e. The summed E-state index contributed by atoms with van der Waals surface area (Å²) in [5.41, 5.74) is 0.491. The quantitative estimate of drug-likeness (QED) is 0.266. The van der Waals surface area contributed by atoms with Crippen LogP contribution in [0.2, 0.25) is 0 Å². The average Bonchev–Trinajstić information content (AvgIpc) is 3.09. The molecule has 0 bridgehead atoms. The molecule has 0 unspecified atom stereocenters. The van der Waals surface area contributed by atoms with Crippen LogP contribution in [0.3, 0.4) is 0 Å². The first kappa shape index (κ1) is 25.7. The summed E-state index contributed by atoms with van der Waals surface area (Å²) in [5, 5.41) is 0. The number of esters is 1. The molecule has 188 valence electrons. The topological polar surface area (TPSA) is 43.4 Å². The van der Waals surface area contributed by atoms with E-state index in [4.69, 9.17) is 4.74 Å². The van der Waals surface area contributed by atoms with Gasteiger partial charge in [-0.25, -0.2) is 0 Å². The van der Waals surface area contributed by atoms with Crippen LogP contribution in [-0.2, 0) is 14.3 Å². The Labute approximate surface area is 210 Å². The molecule has 4 heteroatoms. The number of hydrogen-bond acceptors (Lipinski definition) is 3. The molecule has 0 aromatic carbocycles. The van der Waals surface area contributed by atoms with Crippen LogP contribution in [0, 0.1) is 52.3 Å². The summed E-state index contributed by atoms with van der Waals surface area (Å²) in [5.74, 6) is 4.13. The van der Waals surface area contributed by atoms with E-state index in [0.29, 0.717) is 23.0 Å². The molecule has 0 saturated heterocycles. The summed E-state index contributed by atoms with van der Waals surface area (Å²) >= 11 is 3.90. The van der Waals surface area contributed by atoms with E-state index >= 15 is 0 Å². The molecule has 0 aliphatic heterocycles. The Hall–Kier alpha value is -0.380. The molecule has 0 heterocycles. The second-order valence-electron chi connectivity index (χ2n) is 13.2. The van der Waals surface area contributed by atoms with Gasteiger partial charge in [0.25, 0.3) is 0 Å². The van der Waals surface area contributed by atoms with E-state index in [-0.39, 0.29) is 34.2 Å². The van der Waals surface area contributed by atoms with E-state index in [9.17, 15) is 9.59 Å². The van der Waals surface area contributed by atoms with Crippen LogP contribution in [0.4, 0.5) is 0 Å². The molecule has 4 fully saturated rings. The minimum atomic E-state index is -0.192. The lowest BCUT2D eigenvalue weighted by atomic mass is 9.44.